The Morgan fingerprint density at radius 2 is 2.20 bits per heavy atom. The monoisotopic (exact) mass is 363 g/mol. The van der Waals surface area contributed by atoms with Crippen LogP contribution in [0.5, 0.6) is 0 Å². The van der Waals surface area contributed by atoms with Gasteiger partial charge in [-0.05, 0) is 25.6 Å². The molecule has 1 aromatic carbocycles. The molecule has 0 fully saturated rings. The lowest BCUT2D eigenvalue weighted by Crippen LogP contribution is -2.36. The van der Waals surface area contributed by atoms with E-state index in [2.05, 4.69) is 20.7 Å². The maximum Gasteiger partial charge on any atom is 0.241 e. The van der Waals surface area contributed by atoms with Gasteiger partial charge in [-0.3, -0.25) is 9.48 Å². The van der Waals surface area contributed by atoms with Crippen molar-refractivity contribution in [1.29, 1.82) is 0 Å². The van der Waals surface area contributed by atoms with Crippen molar-refractivity contribution >= 4 is 29.4 Å². The van der Waals surface area contributed by atoms with Gasteiger partial charge in [-0.2, -0.15) is 5.10 Å². The number of carbonyl (C=O) groups excluding carboxylic acids is 1. The number of nitrogens with one attached hydrogen (secondary N) is 2. The Kier molecular flexibility index (Phi) is 6.17. The molecular weight excluding hydrogens is 342 g/mol. The van der Waals surface area contributed by atoms with Gasteiger partial charge in [0.25, 0.3) is 0 Å². The van der Waals surface area contributed by atoms with E-state index in [4.69, 9.17) is 4.42 Å². The second kappa shape index (κ2) is 8.13. The number of fused-ring (bicyclic) bond motifs is 1. The summed E-state index contributed by atoms with van der Waals surface area (Å²) in [6, 6.07) is 5.42. The van der Waals surface area contributed by atoms with E-state index in [1.807, 2.05) is 38.4 Å². The van der Waals surface area contributed by atoms with E-state index >= 15 is 0 Å². The van der Waals surface area contributed by atoms with Crippen LogP contribution in [0, 0.1) is 6.92 Å². The number of amides is 1. The molecule has 2 N–H and O–H groups in total. The highest BCUT2D eigenvalue weighted by Gasteiger charge is 2.19. The molecule has 8 heteroatoms. The summed E-state index contributed by atoms with van der Waals surface area (Å²) in [7, 11) is 3.57. The number of hydrogen-bond donors (Lipinski definition) is 2. The van der Waals surface area contributed by atoms with Gasteiger partial charge in [0, 0.05) is 31.8 Å². The number of rotatable bonds is 6. The molecule has 0 saturated carbocycles. The molecule has 3 aromatic rings. The maximum atomic E-state index is 12.3. The molecule has 0 aliphatic heterocycles. The standard InChI is InChI=1S/C17H21N5O2.ClH/c1-11-5-4-6-13-15(11)21-14(24-13)7-8-19-17(23)16(18-2)12-9-20-22(3)10-12;/h4-6,9-10,16,18H,7-8H2,1-3H3,(H,19,23);1H. The van der Waals surface area contributed by atoms with Crippen molar-refractivity contribution in [2.45, 2.75) is 19.4 Å². The Morgan fingerprint density at radius 1 is 1.40 bits per heavy atom. The summed E-state index contributed by atoms with van der Waals surface area (Å²) in [6.07, 6.45) is 4.05. The molecule has 2 heterocycles. The quantitative estimate of drug-likeness (QED) is 0.698. The van der Waals surface area contributed by atoms with E-state index in [0.29, 0.717) is 18.9 Å². The molecule has 1 amide bonds. The first-order valence-electron chi connectivity index (χ1n) is 7.87. The molecule has 0 saturated heterocycles. The van der Waals surface area contributed by atoms with E-state index < -0.39 is 6.04 Å². The minimum atomic E-state index is -0.426. The summed E-state index contributed by atoms with van der Waals surface area (Å²) in [5, 5.41) is 10.0. The van der Waals surface area contributed by atoms with E-state index in [9.17, 15) is 4.79 Å². The fourth-order valence-electron chi connectivity index (χ4n) is 2.67. The van der Waals surface area contributed by atoms with Gasteiger partial charge in [0.15, 0.2) is 11.5 Å². The number of oxazole rings is 1. The molecule has 7 nitrogen and oxygen atoms in total. The zero-order valence-electron chi connectivity index (χ0n) is 14.4. The van der Waals surface area contributed by atoms with E-state index in [1.165, 1.54) is 0 Å². The van der Waals surface area contributed by atoms with Gasteiger partial charge >= 0.3 is 0 Å². The summed E-state index contributed by atoms with van der Waals surface area (Å²) in [6.45, 7) is 2.46. The van der Waals surface area contributed by atoms with Gasteiger partial charge < -0.3 is 15.1 Å². The van der Waals surface area contributed by atoms with Crippen molar-refractivity contribution in [2.75, 3.05) is 13.6 Å². The van der Waals surface area contributed by atoms with Crippen LogP contribution in [0.4, 0.5) is 0 Å². The van der Waals surface area contributed by atoms with Gasteiger partial charge in [0.05, 0.1) is 6.20 Å². The van der Waals surface area contributed by atoms with Crippen LogP contribution in [0.2, 0.25) is 0 Å². The van der Waals surface area contributed by atoms with Gasteiger partial charge in [-0.15, -0.1) is 12.4 Å². The highest BCUT2D eigenvalue weighted by atomic mass is 35.5. The Bertz CT molecular complexity index is 858. The van der Waals surface area contributed by atoms with Gasteiger partial charge in [-0.25, -0.2) is 4.98 Å². The minimum Gasteiger partial charge on any atom is -0.441 e. The molecule has 0 aliphatic carbocycles. The number of likely N-dealkylation sites (N-methyl/N-ethyl adjacent to an activating group) is 1. The first kappa shape index (κ1) is 19.0. The topological polar surface area (TPSA) is 85.0 Å². The first-order chi connectivity index (χ1) is 11.6. The molecule has 1 atom stereocenters. The average molecular weight is 364 g/mol. The number of hydrogen-bond acceptors (Lipinski definition) is 5. The van der Waals surface area contributed by atoms with Crippen LogP contribution in [0.3, 0.4) is 0 Å². The number of aryl methyl sites for hydroxylation is 2. The van der Waals surface area contributed by atoms with Gasteiger partial charge in [-0.1, -0.05) is 12.1 Å². The lowest BCUT2D eigenvalue weighted by molar-refractivity contribution is -0.123. The van der Waals surface area contributed by atoms with E-state index in [0.717, 1.165) is 22.2 Å². The zero-order chi connectivity index (χ0) is 17.1. The van der Waals surface area contributed by atoms with E-state index in [-0.39, 0.29) is 18.3 Å². The summed E-state index contributed by atoms with van der Waals surface area (Å²) < 4.78 is 7.39. The number of halogens is 1. The fourth-order valence-corrected chi connectivity index (χ4v) is 2.67. The largest absolute Gasteiger partial charge is 0.441 e. The summed E-state index contributed by atoms with van der Waals surface area (Å²) in [5.74, 6) is 0.528. The smallest absolute Gasteiger partial charge is 0.241 e. The molecule has 0 aliphatic rings. The van der Waals surface area contributed by atoms with Crippen molar-refractivity contribution in [2.24, 2.45) is 7.05 Å². The average Bonchev–Trinajstić information content (AvgIpc) is 3.15. The SMILES string of the molecule is CNC(C(=O)NCCc1nc2c(C)cccc2o1)c1cnn(C)c1.Cl. The van der Waals surface area contributed by atoms with Crippen molar-refractivity contribution < 1.29 is 9.21 Å². The molecular formula is C17H22ClN5O2. The molecule has 0 spiro atoms. The molecule has 3 rings (SSSR count). The van der Waals surface area contributed by atoms with E-state index in [1.54, 1.807) is 17.9 Å². The highest BCUT2D eigenvalue weighted by Crippen LogP contribution is 2.19. The van der Waals surface area contributed by atoms with Crippen LogP contribution in [0.1, 0.15) is 23.1 Å². The second-order valence-electron chi connectivity index (χ2n) is 5.74. The first-order valence-corrected chi connectivity index (χ1v) is 7.87. The van der Waals surface area contributed by atoms with Crippen molar-refractivity contribution in [3.05, 3.63) is 47.6 Å². The molecule has 1 unspecified atom stereocenters. The Morgan fingerprint density at radius 3 is 2.84 bits per heavy atom. The number of benzene rings is 1. The predicted octanol–water partition coefficient (Wildman–Crippen LogP) is 1.91. The Hall–Kier alpha value is -2.38. The second-order valence-corrected chi connectivity index (χ2v) is 5.74. The van der Waals surface area contributed by atoms with Gasteiger partial charge in [0.2, 0.25) is 5.91 Å². The number of nitrogens with zero attached hydrogens (tertiary/aromatic N) is 3. The minimum absolute atomic E-state index is 0. The third-order valence-corrected chi connectivity index (χ3v) is 3.91. The van der Waals surface area contributed by atoms with Crippen LogP contribution in [-0.4, -0.2) is 34.3 Å². The molecule has 0 radical (unpaired) electrons. The predicted molar refractivity (Wildman–Crippen MR) is 97.7 cm³/mol. The van der Waals surface area contributed by atoms with Gasteiger partial charge in [0.1, 0.15) is 11.6 Å². The van der Waals surface area contributed by atoms with Crippen LogP contribution in [0.25, 0.3) is 11.1 Å². The summed E-state index contributed by atoms with van der Waals surface area (Å²) in [4.78, 5) is 16.8. The van der Waals surface area contributed by atoms with Crippen LogP contribution < -0.4 is 10.6 Å². The van der Waals surface area contributed by atoms with Crippen LogP contribution >= 0.6 is 12.4 Å². The van der Waals surface area contributed by atoms with Crippen LogP contribution in [0.15, 0.2) is 35.0 Å². The molecule has 0 bridgehead atoms. The number of carbonyl (C=O) groups is 1. The summed E-state index contributed by atoms with van der Waals surface area (Å²) >= 11 is 0. The Labute approximate surface area is 152 Å². The molecule has 2 aromatic heterocycles. The molecule has 134 valence electrons. The van der Waals surface area contributed by atoms with Crippen molar-refractivity contribution in [3.63, 3.8) is 0 Å². The lowest BCUT2D eigenvalue weighted by atomic mass is 10.1. The normalized spacial score (nSPS) is 12.0. The third-order valence-electron chi connectivity index (χ3n) is 3.91. The zero-order valence-corrected chi connectivity index (χ0v) is 15.3. The number of aromatic nitrogens is 3. The fraction of sp³-hybridized carbons (Fsp3) is 0.353. The molecule has 25 heavy (non-hydrogen) atoms. The lowest BCUT2D eigenvalue weighted by Gasteiger charge is -2.14. The highest BCUT2D eigenvalue weighted by molar-refractivity contribution is 5.85. The number of para-hydroxylation sites is 1. The third kappa shape index (κ3) is 4.18. The van der Waals surface area contributed by atoms with Crippen molar-refractivity contribution in [3.8, 4) is 0 Å². The maximum absolute atomic E-state index is 12.3. The summed E-state index contributed by atoms with van der Waals surface area (Å²) in [5.41, 5.74) is 3.57. The van der Waals surface area contributed by atoms with Crippen LogP contribution in [-0.2, 0) is 18.3 Å². The Balaban J connectivity index is 0.00000225. The van der Waals surface area contributed by atoms with Crippen molar-refractivity contribution in [1.82, 2.24) is 25.4 Å².